The van der Waals surface area contributed by atoms with E-state index in [0.29, 0.717) is 23.7 Å². The predicted molar refractivity (Wildman–Crippen MR) is 84.3 cm³/mol. The van der Waals surface area contributed by atoms with Crippen LogP contribution in [0.4, 0.5) is 0 Å². The van der Waals surface area contributed by atoms with Gasteiger partial charge in [0.2, 0.25) is 6.79 Å². The molecule has 0 saturated heterocycles. The van der Waals surface area contributed by atoms with Crippen LogP contribution in [0.25, 0.3) is 10.6 Å². The van der Waals surface area contributed by atoms with Gasteiger partial charge in [0.25, 0.3) is 5.91 Å². The molecular weight excluding hydrogens is 302 g/mol. The van der Waals surface area contributed by atoms with Gasteiger partial charge in [0, 0.05) is 12.1 Å². The van der Waals surface area contributed by atoms with E-state index in [2.05, 4.69) is 10.3 Å². The van der Waals surface area contributed by atoms with Gasteiger partial charge < -0.3 is 20.5 Å². The van der Waals surface area contributed by atoms with E-state index in [1.54, 1.807) is 6.20 Å². The molecule has 1 aliphatic rings. The highest BCUT2D eigenvalue weighted by molar-refractivity contribution is 7.16. The second kappa shape index (κ2) is 6.76. The summed E-state index contributed by atoms with van der Waals surface area (Å²) in [4.78, 5) is 16.9. The number of carbonyl (C=O) groups is 1. The maximum absolute atomic E-state index is 12.0. The topological polar surface area (TPSA) is 86.5 Å². The third kappa shape index (κ3) is 3.20. The van der Waals surface area contributed by atoms with Gasteiger partial charge in [0.05, 0.1) is 6.20 Å². The van der Waals surface area contributed by atoms with Gasteiger partial charge >= 0.3 is 0 Å². The molecule has 3 N–H and O–H groups in total. The number of thiazole rings is 1. The van der Waals surface area contributed by atoms with Crippen molar-refractivity contribution in [1.82, 2.24) is 10.3 Å². The van der Waals surface area contributed by atoms with Gasteiger partial charge in [-0.25, -0.2) is 4.98 Å². The normalized spacial score (nSPS) is 12.4. The fraction of sp³-hybridized carbons (Fsp3) is 0.333. The number of unbranched alkanes of at least 4 members (excludes halogenated alkanes) is 1. The van der Waals surface area contributed by atoms with E-state index in [1.807, 2.05) is 18.2 Å². The van der Waals surface area contributed by atoms with Gasteiger partial charge in [-0.1, -0.05) is 0 Å². The molecule has 1 aromatic carbocycles. The van der Waals surface area contributed by atoms with Gasteiger partial charge in [0.1, 0.15) is 9.88 Å². The van der Waals surface area contributed by atoms with Crippen LogP contribution < -0.4 is 20.5 Å². The highest BCUT2D eigenvalue weighted by Crippen LogP contribution is 2.36. The number of nitrogens with one attached hydrogen (secondary N) is 1. The smallest absolute Gasteiger partial charge is 0.263 e. The Morgan fingerprint density at radius 3 is 3.05 bits per heavy atom. The molecule has 2 heterocycles. The molecule has 1 amide bonds. The molecule has 22 heavy (non-hydrogen) atoms. The van der Waals surface area contributed by atoms with Gasteiger partial charge in [-0.05, 0) is 37.6 Å². The quantitative estimate of drug-likeness (QED) is 0.795. The van der Waals surface area contributed by atoms with E-state index in [1.165, 1.54) is 11.3 Å². The van der Waals surface area contributed by atoms with E-state index >= 15 is 0 Å². The number of fused-ring (bicyclic) bond motifs is 1. The lowest BCUT2D eigenvalue weighted by Gasteiger charge is -2.01. The van der Waals surface area contributed by atoms with Crippen LogP contribution in [0, 0.1) is 0 Å². The number of hydrogen-bond donors (Lipinski definition) is 2. The summed E-state index contributed by atoms with van der Waals surface area (Å²) >= 11 is 1.36. The standard InChI is InChI=1S/C15H17N3O3S/c16-5-1-2-6-17-14(19)13-8-18-15(22-13)10-3-4-11-12(7-10)21-9-20-11/h3-4,7-8H,1-2,5-6,9,16H2,(H,17,19). The maximum atomic E-state index is 12.0. The van der Waals surface area contributed by atoms with Crippen molar-refractivity contribution in [3.05, 3.63) is 29.3 Å². The second-order valence-corrected chi connectivity index (χ2v) is 5.88. The summed E-state index contributed by atoms with van der Waals surface area (Å²) in [6, 6.07) is 5.64. The maximum Gasteiger partial charge on any atom is 0.263 e. The Labute approximate surface area is 132 Å². The second-order valence-electron chi connectivity index (χ2n) is 4.85. The summed E-state index contributed by atoms with van der Waals surface area (Å²) in [7, 11) is 0. The highest BCUT2D eigenvalue weighted by Gasteiger charge is 2.16. The summed E-state index contributed by atoms with van der Waals surface area (Å²) in [5.74, 6) is 1.35. The molecule has 1 aromatic heterocycles. The zero-order valence-electron chi connectivity index (χ0n) is 12.0. The van der Waals surface area contributed by atoms with Crippen molar-refractivity contribution in [1.29, 1.82) is 0 Å². The molecule has 0 unspecified atom stereocenters. The molecule has 0 spiro atoms. The molecule has 0 aliphatic carbocycles. The Hall–Kier alpha value is -2.12. The largest absolute Gasteiger partial charge is 0.454 e. The average Bonchev–Trinajstić information content (AvgIpc) is 3.19. The number of aromatic nitrogens is 1. The minimum absolute atomic E-state index is 0.0958. The Morgan fingerprint density at radius 1 is 1.32 bits per heavy atom. The lowest BCUT2D eigenvalue weighted by Crippen LogP contribution is -2.23. The molecule has 3 rings (SSSR count). The number of nitrogens with zero attached hydrogens (tertiary/aromatic N) is 1. The van der Waals surface area contributed by atoms with Gasteiger partial charge in [-0.3, -0.25) is 4.79 Å². The van der Waals surface area contributed by atoms with Crippen LogP contribution in [-0.4, -0.2) is 30.8 Å². The number of ether oxygens (including phenoxy) is 2. The molecule has 0 bridgehead atoms. The Kier molecular flexibility index (Phi) is 4.55. The van der Waals surface area contributed by atoms with Crippen molar-refractivity contribution in [2.75, 3.05) is 19.9 Å². The van der Waals surface area contributed by atoms with Crippen LogP contribution in [0.15, 0.2) is 24.4 Å². The fourth-order valence-corrected chi connectivity index (χ4v) is 2.93. The monoisotopic (exact) mass is 319 g/mol. The number of carbonyl (C=O) groups excluding carboxylic acids is 1. The molecule has 0 fully saturated rings. The Morgan fingerprint density at radius 2 is 2.18 bits per heavy atom. The molecular formula is C15H17N3O3S. The summed E-state index contributed by atoms with van der Waals surface area (Å²) in [5, 5.41) is 3.65. The number of amides is 1. The first-order chi connectivity index (χ1) is 10.8. The van der Waals surface area contributed by atoms with Crippen LogP contribution >= 0.6 is 11.3 Å². The molecule has 0 saturated carbocycles. The molecule has 1 aliphatic heterocycles. The Bertz CT molecular complexity index is 672. The van der Waals surface area contributed by atoms with Crippen LogP contribution in [-0.2, 0) is 0 Å². The first-order valence-corrected chi connectivity index (χ1v) is 7.93. The number of hydrogen-bond acceptors (Lipinski definition) is 6. The lowest BCUT2D eigenvalue weighted by molar-refractivity contribution is 0.0957. The summed E-state index contributed by atoms with van der Waals surface area (Å²) < 4.78 is 10.6. The molecule has 0 atom stereocenters. The zero-order chi connectivity index (χ0) is 15.4. The summed E-state index contributed by atoms with van der Waals surface area (Å²) in [6.07, 6.45) is 3.39. The van der Waals surface area contributed by atoms with Crippen molar-refractivity contribution in [2.45, 2.75) is 12.8 Å². The third-order valence-electron chi connectivity index (χ3n) is 3.27. The minimum atomic E-state index is -0.0958. The van der Waals surface area contributed by atoms with E-state index in [-0.39, 0.29) is 12.7 Å². The molecule has 7 heteroatoms. The molecule has 6 nitrogen and oxygen atoms in total. The summed E-state index contributed by atoms with van der Waals surface area (Å²) in [5.41, 5.74) is 6.34. The van der Waals surface area contributed by atoms with Crippen molar-refractivity contribution < 1.29 is 14.3 Å². The summed E-state index contributed by atoms with van der Waals surface area (Å²) in [6.45, 7) is 1.52. The first-order valence-electron chi connectivity index (χ1n) is 7.12. The van der Waals surface area contributed by atoms with Gasteiger partial charge in [0.15, 0.2) is 11.5 Å². The van der Waals surface area contributed by atoms with Gasteiger partial charge in [-0.2, -0.15) is 0 Å². The van der Waals surface area contributed by atoms with Crippen LogP contribution in [0.5, 0.6) is 11.5 Å². The Balaban J connectivity index is 1.67. The van der Waals surface area contributed by atoms with Crippen molar-refractivity contribution in [2.24, 2.45) is 5.73 Å². The SMILES string of the molecule is NCCCCNC(=O)c1cnc(-c2ccc3c(c2)OCO3)s1. The van der Waals surface area contributed by atoms with Crippen molar-refractivity contribution >= 4 is 17.2 Å². The van der Waals surface area contributed by atoms with E-state index in [0.717, 1.165) is 29.2 Å². The number of benzene rings is 1. The zero-order valence-corrected chi connectivity index (χ0v) is 12.8. The molecule has 2 aromatic rings. The van der Waals surface area contributed by atoms with Crippen LogP contribution in [0.3, 0.4) is 0 Å². The lowest BCUT2D eigenvalue weighted by atomic mass is 10.2. The van der Waals surface area contributed by atoms with Gasteiger partial charge in [-0.15, -0.1) is 11.3 Å². The van der Waals surface area contributed by atoms with Crippen LogP contribution in [0.1, 0.15) is 22.5 Å². The van der Waals surface area contributed by atoms with E-state index in [4.69, 9.17) is 15.2 Å². The molecule has 0 radical (unpaired) electrons. The fourth-order valence-electron chi connectivity index (χ4n) is 2.10. The number of rotatable bonds is 6. The minimum Gasteiger partial charge on any atom is -0.454 e. The van der Waals surface area contributed by atoms with E-state index in [9.17, 15) is 4.79 Å². The third-order valence-corrected chi connectivity index (χ3v) is 4.31. The number of nitrogens with two attached hydrogens (primary N) is 1. The van der Waals surface area contributed by atoms with Crippen molar-refractivity contribution in [3.63, 3.8) is 0 Å². The molecule has 116 valence electrons. The van der Waals surface area contributed by atoms with E-state index < -0.39 is 0 Å². The van der Waals surface area contributed by atoms with Crippen LogP contribution in [0.2, 0.25) is 0 Å². The average molecular weight is 319 g/mol. The first kappa shape index (κ1) is 14.8. The van der Waals surface area contributed by atoms with Crippen molar-refractivity contribution in [3.8, 4) is 22.1 Å². The highest BCUT2D eigenvalue weighted by atomic mass is 32.1. The predicted octanol–water partition coefficient (Wildman–Crippen LogP) is 2.01.